The van der Waals surface area contributed by atoms with Crippen LogP contribution in [0, 0.1) is 0 Å². The quantitative estimate of drug-likeness (QED) is 0.263. The number of nitrogens with zero attached hydrogens (tertiary/aromatic N) is 5. The average Bonchev–Trinajstić information content (AvgIpc) is 3.29. The molecule has 2 aromatic carbocycles. The lowest BCUT2D eigenvalue weighted by Crippen LogP contribution is -2.23. The van der Waals surface area contributed by atoms with Gasteiger partial charge in [-0.25, -0.2) is 15.0 Å². The van der Waals surface area contributed by atoms with Gasteiger partial charge >= 0.3 is 0 Å². The maximum Gasteiger partial charge on any atom is 0.260 e. The summed E-state index contributed by atoms with van der Waals surface area (Å²) in [5, 5.41) is 21.3. The van der Waals surface area contributed by atoms with Gasteiger partial charge in [-0.1, -0.05) is 28.1 Å². The number of phenolic OH excluding ortho intramolecular Hbond substituents is 1. The largest absolute Gasteiger partial charge is 0.506 e. The Balaban J connectivity index is 1.59. The zero-order valence-electron chi connectivity index (χ0n) is 15.1. The van der Waals surface area contributed by atoms with Crippen LogP contribution in [0.2, 0.25) is 0 Å². The number of rotatable bonds is 5. The molecule has 0 radical (unpaired) electrons. The molecule has 0 saturated carbocycles. The first kappa shape index (κ1) is 20.0. The summed E-state index contributed by atoms with van der Waals surface area (Å²) < 4.78 is 7.55. The number of benzene rings is 2. The van der Waals surface area contributed by atoms with E-state index in [4.69, 9.17) is 5.73 Å². The maximum absolute atomic E-state index is 12.5. The average molecular weight is 535 g/mol. The number of para-hydroxylation sites is 2. The van der Waals surface area contributed by atoms with E-state index in [1.807, 2.05) is 24.3 Å². The van der Waals surface area contributed by atoms with E-state index in [9.17, 15) is 9.90 Å². The van der Waals surface area contributed by atoms with Crippen LogP contribution in [0.15, 0.2) is 55.1 Å². The maximum atomic E-state index is 12.5. The van der Waals surface area contributed by atoms with Gasteiger partial charge in [0, 0.05) is 10.0 Å². The number of nitrogens with two attached hydrogens (primary N) is 1. The van der Waals surface area contributed by atoms with Crippen molar-refractivity contribution < 1.29 is 14.5 Å². The van der Waals surface area contributed by atoms with Crippen LogP contribution >= 0.6 is 31.9 Å². The number of nitrogen functional groups attached to an aromatic ring is 1. The first-order chi connectivity index (χ1) is 14.4. The number of halogens is 2. The number of imidazole rings is 1. The molecule has 4 aromatic rings. The fourth-order valence-corrected chi connectivity index (χ4v) is 4.06. The first-order valence-electron chi connectivity index (χ1n) is 8.47. The molecule has 2 heterocycles. The number of amides is 1. The van der Waals surface area contributed by atoms with E-state index in [-0.39, 0.29) is 23.8 Å². The normalized spacial score (nSPS) is 11.4. The smallest absolute Gasteiger partial charge is 0.260 e. The van der Waals surface area contributed by atoms with Gasteiger partial charge in [0.25, 0.3) is 5.91 Å². The lowest BCUT2D eigenvalue weighted by atomic mass is 10.2. The van der Waals surface area contributed by atoms with Crippen molar-refractivity contribution in [2.24, 2.45) is 5.10 Å². The van der Waals surface area contributed by atoms with Crippen molar-refractivity contribution in [3.05, 3.63) is 50.9 Å². The summed E-state index contributed by atoms with van der Waals surface area (Å²) in [6.07, 6.45) is 1.34. The Labute approximate surface area is 186 Å². The number of carbonyl (C=O) groups excluding carboxylic acids is 1. The van der Waals surface area contributed by atoms with Gasteiger partial charge in [-0.2, -0.15) is 5.10 Å². The van der Waals surface area contributed by atoms with Gasteiger partial charge in [0.15, 0.2) is 17.3 Å². The summed E-state index contributed by atoms with van der Waals surface area (Å²) in [5.41, 5.74) is 10.3. The van der Waals surface area contributed by atoms with E-state index in [1.54, 1.807) is 16.7 Å². The van der Waals surface area contributed by atoms with E-state index in [0.717, 1.165) is 4.47 Å². The number of hydrazone groups is 1. The van der Waals surface area contributed by atoms with Crippen LogP contribution < -0.4 is 11.2 Å². The van der Waals surface area contributed by atoms with Crippen LogP contribution in [-0.4, -0.2) is 37.1 Å². The zero-order chi connectivity index (χ0) is 21.3. The molecule has 0 saturated heterocycles. The van der Waals surface area contributed by atoms with Gasteiger partial charge in [0.05, 0.1) is 21.7 Å². The van der Waals surface area contributed by atoms with Crippen molar-refractivity contribution in [2.75, 3.05) is 5.73 Å². The van der Waals surface area contributed by atoms with E-state index in [1.165, 1.54) is 6.21 Å². The van der Waals surface area contributed by atoms with Crippen molar-refractivity contribution in [3.63, 3.8) is 0 Å². The van der Waals surface area contributed by atoms with Crippen LogP contribution in [-0.2, 0) is 11.3 Å². The third-order valence-corrected chi connectivity index (χ3v) is 5.19. The summed E-state index contributed by atoms with van der Waals surface area (Å²) in [6, 6.07) is 10.7. The number of nitrogens with one attached hydrogen (secondary N) is 1. The predicted octanol–water partition coefficient (Wildman–Crippen LogP) is 3.05. The molecular formula is C18H13Br2N7O3. The highest BCUT2D eigenvalue weighted by molar-refractivity contribution is 9.11. The van der Waals surface area contributed by atoms with E-state index >= 15 is 0 Å². The fraction of sp³-hybridized carbons (Fsp3) is 0.0556. The molecular weight excluding hydrogens is 522 g/mol. The summed E-state index contributed by atoms with van der Waals surface area (Å²) in [5.74, 6) is 0.00987. The number of aromatic nitrogens is 4. The Morgan fingerprint density at radius 3 is 2.87 bits per heavy atom. The van der Waals surface area contributed by atoms with Crippen molar-refractivity contribution in [3.8, 4) is 17.3 Å². The molecule has 0 fully saturated rings. The number of hydrogen-bond acceptors (Lipinski definition) is 8. The minimum Gasteiger partial charge on any atom is -0.506 e. The summed E-state index contributed by atoms with van der Waals surface area (Å²) >= 11 is 6.58. The minimum atomic E-state index is -0.417. The Morgan fingerprint density at radius 1 is 1.30 bits per heavy atom. The Hall–Kier alpha value is -3.25. The lowest BCUT2D eigenvalue weighted by molar-refractivity contribution is -0.121. The Morgan fingerprint density at radius 2 is 2.10 bits per heavy atom. The third-order valence-electron chi connectivity index (χ3n) is 4.13. The molecule has 0 aliphatic heterocycles. The molecule has 4 rings (SSSR count). The highest BCUT2D eigenvalue weighted by Crippen LogP contribution is 2.30. The van der Waals surface area contributed by atoms with Crippen LogP contribution in [0.1, 0.15) is 5.56 Å². The Bertz CT molecular complexity index is 1280. The van der Waals surface area contributed by atoms with Crippen LogP contribution in [0.5, 0.6) is 5.75 Å². The number of carbonyl (C=O) groups is 1. The van der Waals surface area contributed by atoms with Gasteiger partial charge in [-0.3, -0.25) is 4.79 Å². The fourth-order valence-electron chi connectivity index (χ4n) is 2.80. The second-order valence-corrected chi connectivity index (χ2v) is 7.90. The van der Waals surface area contributed by atoms with Crippen molar-refractivity contribution >= 4 is 60.8 Å². The number of anilines is 1. The van der Waals surface area contributed by atoms with Crippen LogP contribution in [0.25, 0.3) is 22.6 Å². The highest BCUT2D eigenvalue weighted by atomic mass is 79.9. The molecule has 1 amide bonds. The molecule has 0 aliphatic rings. The summed E-state index contributed by atoms with van der Waals surface area (Å²) in [6.45, 7) is -0.104. The number of fused-ring (bicyclic) bond motifs is 1. The molecule has 4 N–H and O–H groups in total. The second kappa shape index (κ2) is 8.24. The van der Waals surface area contributed by atoms with E-state index < -0.39 is 5.91 Å². The minimum absolute atomic E-state index is 0.00750. The van der Waals surface area contributed by atoms with E-state index in [0.29, 0.717) is 26.9 Å². The van der Waals surface area contributed by atoms with Gasteiger partial charge in [0.2, 0.25) is 0 Å². The molecule has 0 aliphatic carbocycles. The van der Waals surface area contributed by atoms with Gasteiger partial charge in [-0.15, -0.1) is 0 Å². The Kier molecular flexibility index (Phi) is 5.50. The molecule has 152 valence electrons. The molecule has 12 heteroatoms. The molecule has 30 heavy (non-hydrogen) atoms. The topological polar surface area (TPSA) is 144 Å². The van der Waals surface area contributed by atoms with Crippen molar-refractivity contribution in [1.82, 2.24) is 25.3 Å². The van der Waals surface area contributed by atoms with Crippen LogP contribution in [0.4, 0.5) is 5.82 Å². The molecule has 0 unspecified atom stereocenters. The van der Waals surface area contributed by atoms with Crippen LogP contribution in [0.3, 0.4) is 0 Å². The molecule has 2 aromatic heterocycles. The molecule has 0 bridgehead atoms. The summed E-state index contributed by atoms with van der Waals surface area (Å²) in [4.78, 5) is 17.0. The first-order valence-corrected chi connectivity index (χ1v) is 10.1. The second-order valence-electron chi connectivity index (χ2n) is 6.13. The highest BCUT2D eigenvalue weighted by Gasteiger charge is 2.20. The zero-order valence-corrected chi connectivity index (χ0v) is 18.3. The van der Waals surface area contributed by atoms with Crippen molar-refractivity contribution in [1.29, 1.82) is 0 Å². The summed E-state index contributed by atoms with van der Waals surface area (Å²) in [7, 11) is 0. The molecule has 0 atom stereocenters. The molecule has 0 spiro atoms. The van der Waals surface area contributed by atoms with E-state index in [2.05, 4.69) is 62.3 Å². The van der Waals surface area contributed by atoms with Gasteiger partial charge < -0.3 is 15.4 Å². The van der Waals surface area contributed by atoms with Crippen molar-refractivity contribution in [2.45, 2.75) is 6.54 Å². The number of phenols is 1. The lowest BCUT2D eigenvalue weighted by Gasteiger charge is -2.07. The number of hydrogen-bond donors (Lipinski definition) is 3. The predicted molar refractivity (Wildman–Crippen MR) is 117 cm³/mol. The molecule has 10 nitrogen and oxygen atoms in total. The van der Waals surface area contributed by atoms with Gasteiger partial charge in [-0.05, 0) is 50.5 Å². The standard InChI is InChI=1S/C18H13Br2N7O3/c19-10-5-9(16(29)11(20)6-10)7-22-24-14(28)8-27-13-4-2-1-3-12(13)23-18(27)15-17(21)26-30-25-15/h1-7,29H,8H2,(H2,21,26)(H,24,28). The van der Waals surface area contributed by atoms with Gasteiger partial charge in [0.1, 0.15) is 12.3 Å². The SMILES string of the molecule is Nc1nonc1-c1nc2ccccc2n1CC(=O)NN=Cc1cc(Br)cc(Br)c1O. The monoisotopic (exact) mass is 533 g/mol. The number of aromatic hydroxyl groups is 1. The third kappa shape index (κ3) is 3.91.